The van der Waals surface area contributed by atoms with E-state index < -0.39 is 0 Å². The molecule has 0 aliphatic carbocycles. The molecule has 25 heavy (non-hydrogen) atoms. The number of unbranched alkanes of at least 4 members (excludes halogenated alkanes) is 5. The number of rotatable bonds is 13. The van der Waals surface area contributed by atoms with Gasteiger partial charge >= 0.3 is 11.9 Å². The van der Waals surface area contributed by atoms with Gasteiger partial charge in [0.1, 0.15) is 0 Å². The van der Waals surface area contributed by atoms with Crippen LogP contribution in [-0.4, -0.2) is 25.2 Å². The molecule has 0 bridgehead atoms. The molecule has 0 aliphatic heterocycles. The SMILES string of the molecule is CCCCCCCCOC(=O)CCC(=O)OCCc1cccc(Cl)c1. The minimum Gasteiger partial charge on any atom is -0.466 e. The molecule has 0 fully saturated rings. The molecule has 0 amide bonds. The van der Waals surface area contributed by atoms with Crippen molar-refractivity contribution in [1.29, 1.82) is 0 Å². The van der Waals surface area contributed by atoms with Crippen molar-refractivity contribution in [3.63, 3.8) is 0 Å². The quantitative estimate of drug-likeness (QED) is 0.358. The highest BCUT2D eigenvalue weighted by atomic mass is 35.5. The standard InChI is InChI=1S/C20H29ClO4/c1-2-3-4-5-6-7-14-24-19(22)11-12-20(23)25-15-13-17-9-8-10-18(21)16-17/h8-10,16H,2-7,11-15H2,1H3. The molecule has 0 spiro atoms. The molecule has 1 rings (SSSR count). The van der Waals surface area contributed by atoms with Gasteiger partial charge in [-0.3, -0.25) is 9.59 Å². The normalized spacial score (nSPS) is 10.5. The molecule has 5 heteroatoms. The number of halogens is 1. The van der Waals surface area contributed by atoms with E-state index in [4.69, 9.17) is 21.1 Å². The zero-order valence-corrected chi connectivity index (χ0v) is 15.9. The van der Waals surface area contributed by atoms with Gasteiger partial charge in [0.15, 0.2) is 0 Å². The summed E-state index contributed by atoms with van der Waals surface area (Å²) in [4.78, 5) is 23.2. The van der Waals surface area contributed by atoms with E-state index in [1.54, 1.807) is 6.07 Å². The number of benzene rings is 1. The highest BCUT2D eigenvalue weighted by Gasteiger charge is 2.09. The van der Waals surface area contributed by atoms with Gasteiger partial charge in [0.05, 0.1) is 26.1 Å². The smallest absolute Gasteiger partial charge is 0.306 e. The van der Waals surface area contributed by atoms with Gasteiger partial charge in [0, 0.05) is 11.4 Å². The second kappa shape index (κ2) is 13.7. The lowest BCUT2D eigenvalue weighted by Crippen LogP contribution is -2.12. The molecule has 0 N–H and O–H groups in total. The minimum absolute atomic E-state index is 0.0604. The Hall–Kier alpha value is -1.55. The molecule has 0 heterocycles. The molecule has 1 aromatic carbocycles. The Bertz CT molecular complexity index is 516. The van der Waals surface area contributed by atoms with E-state index in [2.05, 4.69) is 6.92 Å². The molecule has 0 aliphatic rings. The van der Waals surface area contributed by atoms with Crippen molar-refractivity contribution in [2.45, 2.75) is 64.7 Å². The van der Waals surface area contributed by atoms with Gasteiger partial charge in [-0.2, -0.15) is 0 Å². The lowest BCUT2D eigenvalue weighted by molar-refractivity contribution is -0.150. The van der Waals surface area contributed by atoms with Crippen LogP contribution in [0, 0.1) is 0 Å². The summed E-state index contributed by atoms with van der Waals surface area (Å²) in [5.41, 5.74) is 1.01. The molecule has 0 unspecified atom stereocenters. The van der Waals surface area contributed by atoms with Crippen molar-refractivity contribution in [3.05, 3.63) is 34.9 Å². The summed E-state index contributed by atoms with van der Waals surface area (Å²) in [7, 11) is 0. The maximum absolute atomic E-state index is 11.6. The third-order valence-corrected chi connectivity index (χ3v) is 4.07. The van der Waals surface area contributed by atoms with Crippen LogP contribution in [0.3, 0.4) is 0 Å². The molecule has 140 valence electrons. The van der Waals surface area contributed by atoms with Crippen LogP contribution in [0.25, 0.3) is 0 Å². The second-order valence-electron chi connectivity index (χ2n) is 6.09. The van der Waals surface area contributed by atoms with Crippen LogP contribution in [0.1, 0.15) is 63.9 Å². The molecule has 0 saturated heterocycles. The Balaban J connectivity index is 2.00. The van der Waals surface area contributed by atoms with E-state index in [0.717, 1.165) is 18.4 Å². The van der Waals surface area contributed by atoms with Gasteiger partial charge in [0.2, 0.25) is 0 Å². The first-order valence-electron chi connectivity index (χ1n) is 9.17. The first kappa shape index (κ1) is 21.5. The van der Waals surface area contributed by atoms with Crippen LogP contribution in [-0.2, 0) is 25.5 Å². The van der Waals surface area contributed by atoms with Gasteiger partial charge in [-0.25, -0.2) is 0 Å². The predicted octanol–water partition coefficient (Wildman–Crippen LogP) is 5.11. The van der Waals surface area contributed by atoms with Crippen molar-refractivity contribution in [2.24, 2.45) is 0 Å². The highest BCUT2D eigenvalue weighted by molar-refractivity contribution is 6.30. The molecule has 0 saturated carbocycles. The monoisotopic (exact) mass is 368 g/mol. The first-order valence-corrected chi connectivity index (χ1v) is 9.55. The average Bonchev–Trinajstić information content (AvgIpc) is 2.59. The summed E-state index contributed by atoms with van der Waals surface area (Å²) in [6.07, 6.45) is 7.63. The van der Waals surface area contributed by atoms with Crippen LogP contribution in [0.2, 0.25) is 5.02 Å². The lowest BCUT2D eigenvalue weighted by Gasteiger charge is -2.06. The molecule has 1 aromatic rings. The molecule has 0 atom stereocenters. The average molecular weight is 369 g/mol. The fraction of sp³-hybridized carbons (Fsp3) is 0.600. The van der Waals surface area contributed by atoms with Gasteiger partial charge < -0.3 is 9.47 Å². The number of carbonyl (C=O) groups is 2. The Morgan fingerprint density at radius 2 is 1.56 bits per heavy atom. The van der Waals surface area contributed by atoms with Gasteiger partial charge in [-0.1, -0.05) is 62.8 Å². The minimum atomic E-state index is -0.376. The van der Waals surface area contributed by atoms with E-state index in [-0.39, 0.29) is 31.4 Å². The molecular weight excluding hydrogens is 340 g/mol. The van der Waals surface area contributed by atoms with Gasteiger partial charge in [-0.05, 0) is 24.1 Å². The van der Waals surface area contributed by atoms with E-state index in [0.29, 0.717) is 18.1 Å². The summed E-state index contributed by atoms with van der Waals surface area (Å²) < 4.78 is 10.3. The molecule has 0 radical (unpaired) electrons. The van der Waals surface area contributed by atoms with Crippen LogP contribution >= 0.6 is 11.6 Å². The lowest BCUT2D eigenvalue weighted by atomic mass is 10.1. The summed E-state index contributed by atoms with van der Waals surface area (Å²) in [5, 5.41) is 0.664. The van der Waals surface area contributed by atoms with E-state index in [9.17, 15) is 9.59 Å². The number of hydrogen-bond acceptors (Lipinski definition) is 4. The van der Waals surface area contributed by atoms with Gasteiger partial charge in [-0.15, -0.1) is 0 Å². The Labute approximate surface area is 155 Å². The summed E-state index contributed by atoms with van der Waals surface area (Å²) in [5.74, 6) is -0.709. The van der Waals surface area contributed by atoms with E-state index in [1.807, 2.05) is 18.2 Å². The Kier molecular flexibility index (Phi) is 11.8. The van der Waals surface area contributed by atoms with Crippen molar-refractivity contribution in [3.8, 4) is 0 Å². The van der Waals surface area contributed by atoms with Gasteiger partial charge in [0.25, 0.3) is 0 Å². The third-order valence-electron chi connectivity index (χ3n) is 3.84. The van der Waals surface area contributed by atoms with Crippen molar-refractivity contribution < 1.29 is 19.1 Å². The maximum atomic E-state index is 11.6. The van der Waals surface area contributed by atoms with Crippen LogP contribution in [0.5, 0.6) is 0 Å². The summed E-state index contributed by atoms with van der Waals surface area (Å²) in [6.45, 7) is 2.91. The van der Waals surface area contributed by atoms with Crippen LogP contribution in [0.4, 0.5) is 0 Å². The maximum Gasteiger partial charge on any atom is 0.306 e. The zero-order chi connectivity index (χ0) is 18.3. The second-order valence-corrected chi connectivity index (χ2v) is 6.53. The Morgan fingerprint density at radius 3 is 2.24 bits per heavy atom. The first-order chi connectivity index (χ1) is 12.1. The fourth-order valence-corrected chi connectivity index (χ4v) is 2.60. The third kappa shape index (κ3) is 11.6. The summed E-state index contributed by atoms with van der Waals surface area (Å²) in [6, 6.07) is 7.43. The fourth-order valence-electron chi connectivity index (χ4n) is 2.39. The van der Waals surface area contributed by atoms with Crippen molar-refractivity contribution in [1.82, 2.24) is 0 Å². The predicted molar refractivity (Wildman–Crippen MR) is 99.7 cm³/mol. The molecule has 4 nitrogen and oxygen atoms in total. The zero-order valence-electron chi connectivity index (χ0n) is 15.1. The molecule has 0 aromatic heterocycles. The topological polar surface area (TPSA) is 52.6 Å². The van der Waals surface area contributed by atoms with Crippen LogP contribution < -0.4 is 0 Å². The largest absolute Gasteiger partial charge is 0.466 e. The van der Waals surface area contributed by atoms with Crippen molar-refractivity contribution in [2.75, 3.05) is 13.2 Å². The highest BCUT2D eigenvalue weighted by Crippen LogP contribution is 2.11. The van der Waals surface area contributed by atoms with Crippen LogP contribution in [0.15, 0.2) is 24.3 Å². The van der Waals surface area contributed by atoms with E-state index >= 15 is 0 Å². The number of ether oxygens (including phenoxy) is 2. The number of esters is 2. The van der Waals surface area contributed by atoms with E-state index in [1.165, 1.54) is 25.7 Å². The van der Waals surface area contributed by atoms with Crippen molar-refractivity contribution >= 4 is 23.5 Å². The number of carbonyl (C=O) groups excluding carboxylic acids is 2. The number of hydrogen-bond donors (Lipinski definition) is 0. The molecular formula is C20H29ClO4. The Morgan fingerprint density at radius 1 is 0.920 bits per heavy atom. The summed E-state index contributed by atoms with van der Waals surface area (Å²) >= 11 is 5.90.